The molecule has 0 atom stereocenters. The van der Waals surface area contributed by atoms with E-state index in [1.807, 2.05) is 0 Å². The molecule has 0 saturated carbocycles. The fourth-order valence-electron chi connectivity index (χ4n) is 2.36. The Kier molecular flexibility index (Phi) is 12.0. The lowest BCUT2D eigenvalue weighted by Crippen LogP contribution is -2.51. The van der Waals surface area contributed by atoms with Crippen molar-refractivity contribution in [1.82, 2.24) is 14.9 Å². The molecule has 1 heterocycles. The van der Waals surface area contributed by atoms with E-state index in [0.29, 0.717) is 30.0 Å². The highest BCUT2D eigenvalue weighted by Gasteiger charge is 2.50. The Balaban J connectivity index is 0.00000625. The number of unbranched alkanes of at least 4 members (excludes halogenated alkanes) is 1. The van der Waals surface area contributed by atoms with Gasteiger partial charge in [0.1, 0.15) is 0 Å². The van der Waals surface area contributed by atoms with Crippen LogP contribution < -0.4 is 10.6 Å². The van der Waals surface area contributed by atoms with E-state index in [2.05, 4.69) is 22.5 Å². The van der Waals surface area contributed by atoms with Gasteiger partial charge in [0.05, 0.1) is 6.61 Å². The zero-order valence-electron chi connectivity index (χ0n) is 15.0. The molecule has 1 saturated heterocycles. The van der Waals surface area contributed by atoms with Crippen LogP contribution in [0.4, 0.5) is 13.2 Å². The van der Waals surface area contributed by atoms with Gasteiger partial charge in [-0.05, 0) is 19.3 Å². The van der Waals surface area contributed by atoms with Gasteiger partial charge in [0, 0.05) is 39.3 Å². The fraction of sp³-hybridized carbons (Fsp3) is 0.929. The quantitative estimate of drug-likeness (QED) is 0.223. The molecule has 0 radical (unpaired) electrons. The number of rotatable bonds is 8. The van der Waals surface area contributed by atoms with Crippen molar-refractivity contribution in [3.63, 3.8) is 0 Å². The molecule has 12 heteroatoms. The second-order valence-corrected chi connectivity index (χ2v) is 7.66. The third kappa shape index (κ3) is 8.13. The first-order valence-electron chi connectivity index (χ1n) is 8.33. The first kappa shape index (κ1) is 25.7. The summed E-state index contributed by atoms with van der Waals surface area (Å²) in [6.45, 7) is 3.54. The number of nitrogens with zero attached hydrogens (tertiary/aromatic N) is 2. The largest absolute Gasteiger partial charge is 0.511 e. The molecule has 1 aliphatic heterocycles. The average molecular weight is 516 g/mol. The first-order chi connectivity index (χ1) is 11.7. The second kappa shape index (κ2) is 12.2. The van der Waals surface area contributed by atoms with Gasteiger partial charge in [0.2, 0.25) is 0 Å². The highest BCUT2D eigenvalue weighted by molar-refractivity contribution is 14.0. The van der Waals surface area contributed by atoms with Crippen LogP contribution in [-0.4, -0.2) is 70.1 Å². The van der Waals surface area contributed by atoms with Crippen LogP contribution in [0.25, 0.3) is 0 Å². The van der Waals surface area contributed by atoms with Crippen molar-refractivity contribution in [3.05, 3.63) is 0 Å². The molecular weight excluding hydrogens is 488 g/mol. The van der Waals surface area contributed by atoms with Gasteiger partial charge in [-0.1, -0.05) is 13.3 Å². The number of nitrogens with one attached hydrogen (secondary N) is 2. The molecule has 26 heavy (non-hydrogen) atoms. The topological polar surface area (TPSA) is 83.0 Å². The van der Waals surface area contributed by atoms with Crippen molar-refractivity contribution in [2.45, 2.75) is 44.2 Å². The van der Waals surface area contributed by atoms with Crippen LogP contribution in [0.2, 0.25) is 0 Å². The van der Waals surface area contributed by atoms with Crippen LogP contribution in [-0.2, 0) is 14.8 Å². The molecule has 0 aliphatic carbocycles. The Morgan fingerprint density at radius 2 is 1.88 bits per heavy atom. The second-order valence-electron chi connectivity index (χ2n) is 5.73. The number of aliphatic imine (C=N–C) groups is 1. The van der Waals surface area contributed by atoms with Crippen LogP contribution in [0.1, 0.15) is 32.6 Å². The smallest absolute Gasteiger partial charge is 0.380 e. The van der Waals surface area contributed by atoms with Crippen LogP contribution in [0.15, 0.2) is 4.99 Å². The number of guanidine groups is 1. The monoisotopic (exact) mass is 516 g/mol. The van der Waals surface area contributed by atoms with E-state index < -0.39 is 15.5 Å². The summed E-state index contributed by atoms with van der Waals surface area (Å²) >= 11 is 0. The molecule has 0 unspecified atom stereocenters. The molecule has 0 aromatic carbocycles. The Bertz CT molecular complexity index is 524. The summed E-state index contributed by atoms with van der Waals surface area (Å²) in [4.78, 5) is 4.05. The van der Waals surface area contributed by atoms with E-state index in [0.717, 1.165) is 12.8 Å². The summed E-state index contributed by atoms with van der Waals surface area (Å²) in [6.07, 6.45) is 2.64. The highest BCUT2D eigenvalue weighted by atomic mass is 127. The van der Waals surface area contributed by atoms with Gasteiger partial charge < -0.3 is 15.4 Å². The van der Waals surface area contributed by atoms with Gasteiger partial charge in [0.25, 0.3) is 0 Å². The predicted molar refractivity (Wildman–Crippen MR) is 105 cm³/mol. The summed E-state index contributed by atoms with van der Waals surface area (Å²) in [5.41, 5.74) is -5.25. The molecule has 156 valence electrons. The lowest BCUT2D eigenvalue weighted by molar-refractivity contribution is -0.0494. The van der Waals surface area contributed by atoms with Crippen LogP contribution in [0.5, 0.6) is 0 Å². The average Bonchev–Trinajstić information content (AvgIpc) is 2.56. The summed E-state index contributed by atoms with van der Waals surface area (Å²) in [7, 11) is -3.65. The Morgan fingerprint density at radius 1 is 1.27 bits per heavy atom. The van der Waals surface area contributed by atoms with Gasteiger partial charge in [0.15, 0.2) is 5.96 Å². The lowest BCUT2D eigenvalue weighted by Gasteiger charge is -2.32. The summed E-state index contributed by atoms with van der Waals surface area (Å²) in [5, 5.41) is 6.16. The van der Waals surface area contributed by atoms with E-state index in [1.165, 1.54) is 0 Å². The normalized spacial score (nSPS) is 17.7. The Morgan fingerprint density at radius 3 is 2.38 bits per heavy atom. The molecule has 1 rings (SSSR count). The molecule has 0 amide bonds. The van der Waals surface area contributed by atoms with Crippen molar-refractivity contribution in [2.24, 2.45) is 4.99 Å². The summed E-state index contributed by atoms with van der Waals surface area (Å²) in [5.74, 6) is 0.524. The standard InChI is InChI=1S/C14H27F3N4O3S.HI/c1-3-4-10-24-11-7-19-13(18-2)20-12-5-8-21(9-6-12)25(22,23)14(15,16)17;/h12H,3-11H2,1-2H3,(H2,18,19,20);1H. The van der Waals surface area contributed by atoms with Gasteiger partial charge >= 0.3 is 15.5 Å². The maximum Gasteiger partial charge on any atom is 0.511 e. The maximum atomic E-state index is 12.5. The minimum Gasteiger partial charge on any atom is -0.380 e. The van der Waals surface area contributed by atoms with E-state index in [-0.39, 0.29) is 55.9 Å². The van der Waals surface area contributed by atoms with Gasteiger partial charge in [-0.25, -0.2) is 8.42 Å². The molecule has 0 aromatic rings. The van der Waals surface area contributed by atoms with E-state index in [9.17, 15) is 21.6 Å². The van der Waals surface area contributed by atoms with E-state index in [1.54, 1.807) is 7.05 Å². The van der Waals surface area contributed by atoms with Crippen LogP contribution in [0.3, 0.4) is 0 Å². The molecule has 1 aliphatic rings. The number of sulfonamides is 1. The van der Waals surface area contributed by atoms with Crippen molar-refractivity contribution in [2.75, 3.05) is 39.9 Å². The number of hydrogen-bond acceptors (Lipinski definition) is 4. The lowest BCUT2D eigenvalue weighted by atomic mass is 10.1. The van der Waals surface area contributed by atoms with E-state index >= 15 is 0 Å². The first-order valence-corrected chi connectivity index (χ1v) is 9.77. The van der Waals surface area contributed by atoms with E-state index in [4.69, 9.17) is 4.74 Å². The fourth-order valence-corrected chi connectivity index (χ4v) is 3.35. The molecule has 1 fully saturated rings. The van der Waals surface area contributed by atoms with Gasteiger partial charge in [-0.15, -0.1) is 24.0 Å². The van der Waals surface area contributed by atoms with Crippen molar-refractivity contribution < 1.29 is 26.3 Å². The van der Waals surface area contributed by atoms with Gasteiger partial charge in [-0.3, -0.25) is 4.99 Å². The third-order valence-electron chi connectivity index (χ3n) is 3.83. The minimum absolute atomic E-state index is 0. The minimum atomic E-state index is -5.25. The van der Waals surface area contributed by atoms with Crippen molar-refractivity contribution in [3.8, 4) is 0 Å². The molecule has 0 aromatic heterocycles. The number of piperidine rings is 1. The van der Waals surface area contributed by atoms with Crippen LogP contribution >= 0.6 is 24.0 Å². The Labute approximate surface area is 170 Å². The summed E-state index contributed by atoms with van der Waals surface area (Å²) in [6, 6.07) is -0.133. The SMILES string of the molecule is CCCCOCCNC(=NC)NC1CCN(S(=O)(=O)C(F)(F)F)CC1.I. The maximum absolute atomic E-state index is 12.5. The molecule has 7 nitrogen and oxygen atoms in total. The summed E-state index contributed by atoms with van der Waals surface area (Å²) < 4.78 is 66.3. The number of alkyl halides is 3. The van der Waals surface area contributed by atoms with Crippen molar-refractivity contribution >= 4 is 40.0 Å². The molecule has 2 N–H and O–H groups in total. The number of ether oxygens (including phenoxy) is 1. The number of halogens is 4. The van der Waals surface area contributed by atoms with Gasteiger partial charge in [-0.2, -0.15) is 17.5 Å². The molecule has 0 bridgehead atoms. The van der Waals surface area contributed by atoms with Crippen molar-refractivity contribution in [1.29, 1.82) is 0 Å². The number of hydrogen-bond donors (Lipinski definition) is 2. The van der Waals surface area contributed by atoms with Crippen LogP contribution in [0, 0.1) is 0 Å². The Hall–Kier alpha value is -0.340. The molecular formula is C14H28F3IN4O3S. The highest BCUT2D eigenvalue weighted by Crippen LogP contribution is 2.28. The molecule has 0 spiro atoms. The third-order valence-corrected chi connectivity index (χ3v) is 5.46. The zero-order chi connectivity index (χ0) is 18.9. The predicted octanol–water partition coefficient (Wildman–Crippen LogP) is 1.90. The zero-order valence-corrected chi connectivity index (χ0v) is 18.2.